The molecule has 0 aliphatic carbocycles. The Morgan fingerprint density at radius 3 is 2.71 bits per heavy atom. The number of carbonyl (C=O) groups excluding carboxylic acids is 1. The van der Waals surface area contributed by atoms with Crippen LogP contribution in [-0.2, 0) is 11.3 Å². The highest BCUT2D eigenvalue weighted by atomic mass is 32.2. The molecule has 4 aromatic rings. The van der Waals surface area contributed by atoms with Gasteiger partial charge in [0.25, 0.3) is 0 Å². The summed E-state index contributed by atoms with van der Waals surface area (Å²) < 4.78 is 3.07. The lowest BCUT2D eigenvalue weighted by molar-refractivity contribution is -0.115. The van der Waals surface area contributed by atoms with E-state index in [9.17, 15) is 4.79 Å². The predicted octanol–water partition coefficient (Wildman–Crippen LogP) is 4.83. The van der Waals surface area contributed by atoms with Crippen LogP contribution in [0.15, 0.2) is 46.8 Å². The van der Waals surface area contributed by atoms with Gasteiger partial charge in [-0.1, -0.05) is 41.3 Å². The third-order valence-corrected chi connectivity index (χ3v) is 6.75. The highest BCUT2D eigenvalue weighted by Crippen LogP contribution is 2.32. The van der Waals surface area contributed by atoms with Crippen LogP contribution in [0.1, 0.15) is 13.8 Å². The molecule has 2 aromatic heterocycles. The number of aryl methyl sites for hydroxylation is 1. The van der Waals surface area contributed by atoms with E-state index < -0.39 is 0 Å². The third-order valence-electron chi connectivity index (χ3n) is 4.62. The van der Waals surface area contributed by atoms with E-state index in [0.29, 0.717) is 0 Å². The molecule has 0 aliphatic rings. The van der Waals surface area contributed by atoms with Crippen LogP contribution in [0.2, 0.25) is 0 Å². The van der Waals surface area contributed by atoms with E-state index in [2.05, 4.69) is 62.7 Å². The van der Waals surface area contributed by atoms with E-state index >= 15 is 0 Å². The van der Waals surface area contributed by atoms with Crippen molar-refractivity contribution in [3.8, 4) is 0 Å². The lowest BCUT2D eigenvalue weighted by Gasteiger charge is -2.11. The van der Waals surface area contributed by atoms with Crippen molar-refractivity contribution in [2.45, 2.75) is 30.0 Å². The summed E-state index contributed by atoms with van der Waals surface area (Å²) in [5, 5.41) is 16.9. The molecule has 0 fully saturated rings. The Hall–Kier alpha value is -2.58. The molecule has 2 aromatic carbocycles. The number of para-hydroxylation sites is 1. The van der Waals surface area contributed by atoms with Gasteiger partial charge in [-0.2, -0.15) is 0 Å². The van der Waals surface area contributed by atoms with Crippen molar-refractivity contribution in [2.75, 3.05) is 17.7 Å². The zero-order valence-corrected chi connectivity index (χ0v) is 17.5. The standard InChI is InChI=1S/C20H21N5OS2/c1-4-25-16-8-6-5-7-14(16)15-11-13(9-10-17(15)25)22-18(26)12(2)27-20-24-23-19(21-3)28-20/h5-12H,4H2,1-3H3,(H,21,23)(H,22,26)/t12-/m0/s1. The van der Waals surface area contributed by atoms with Gasteiger partial charge < -0.3 is 15.2 Å². The predicted molar refractivity (Wildman–Crippen MR) is 119 cm³/mol. The average Bonchev–Trinajstić information content (AvgIpc) is 3.29. The number of nitrogens with one attached hydrogen (secondary N) is 2. The summed E-state index contributed by atoms with van der Waals surface area (Å²) >= 11 is 2.85. The average molecular weight is 412 g/mol. The summed E-state index contributed by atoms with van der Waals surface area (Å²) in [7, 11) is 1.80. The largest absolute Gasteiger partial charge is 0.363 e. The number of thioether (sulfide) groups is 1. The fraction of sp³-hybridized carbons (Fsp3) is 0.250. The summed E-state index contributed by atoms with van der Waals surface area (Å²) in [6, 6.07) is 14.5. The topological polar surface area (TPSA) is 71.8 Å². The number of hydrogen-bond acceptors (Lipinski definition) is 6. The molecule has 1 atom stereocenters. The van der Waals surface area contributed by atoms with E-state index in [-0.39, 0.29) is 11.2 Å². The number of amides is 1. The first kappa shape index (κ1) is 18.8. The highest BCUT2D eigenvalue weighted by Gasteiger charge is 2.18. The van der Waals surface area contributed by atoms with Crippen LogP contribution >= 0.6 is 23.1 Å². The molecule has 0 aliphatic heterocycles. The second-order valence-corrected chi connectivity index (χ2v) is 8.93. The lowest BCUT2D eigenvalue weighted by Crippen LogP contribution is -2.22. The molecule has 2 heterocycles. The first-order valence-electron chi connectivity index (χ1n) is 9.10. The Kier molecular flexibility index (Phi) is 5.23. The van der Waals surface area contributed by atoms with Crippen LogP contribution < -0.4 is 10.6 Å². The number of nitrogens with zero attached hydrogens (tertiary/aromatic N) is 3. The van der Waals surface area contributed by atoms with E-state index in [0.717, 1.165) is 27.1 Å². The van der Waals surface area contributed by atoms with Crippen LogP contribution in [0.4, 0.5) is 10.8 Å². The minimum absolute atomic E-state index is 0.0511. The summed E-state index contributed by atoms with van der Waals surface area (Å²) in [4.78, 5) is 12.7. The zero-order chi connectivity index (χ0) is 19.7. The van der Waals surface area contributed by atoms with Crippen molar-refractivity contribution in [2.24, 2.45) is 0 Å². The Bertz CT molecular complexity index is 1150. The molecular formula is C20H21N5OS2. The van der Waals surface area contributed by atoms with Crippen LogP contribution in [0.5, 0.6) is 0 Å². The van der Waals surface area contributed by atoms with Crippen molar-refractivity contribution < 1.29 is 4.79 Å². The van der Waals surface area contributed by atoms with Gasteiger partial charge in [-0.25, -0.2) is 0 Å². The molecule has 0 unspecified atom stereocenters. The van der Waals surface area contributed by atoms with Gasteiger partial charge >= 0.3 is 0 Å². The maximum atomic E-state index is 12.7. The molecule has 0 bridgehead atoms. The number of anilines is 2. The molecule has 144 valence electrons. The van der Waals surface area contributed by atoms with Gasteiger partial charge in [-0.05, 0) is 38.1 Å². The van der Waals surface area contributed by atoms with E-state index in [4.69, 9.17) is 0 Å². The fourth-order valence-corrected chi connectivity index (χ4v) is 5.13. The molecule has 8 heteroatoms. The number of benzene rings is 2. The number of fused-ring (bicyclic) bond motifs is 3. The van der Waals surface area contributed by atoms with Crippen LogP contribution in [0, 0.1) is 0 Å². The van der Waals surface area contributed by atoms with Gasteiger partial charge in [0.05, 0.1) is 5.25 Å². The Morgan fingerprint density at radius 1 is 1.18 bits per heavy atom. The first-order chi connectivity index (χ1) is 13.6. The van der Waals surface area contributed by atoms with Crippen LogP contribution in [-0.4, -0.2) is 33.0 Å². The Morgan fingerprint density at radius 2 is 1.96 bits per heavy atom. The molecule has 0 saturated heterocycles. The normalized spacial score (nSPS) is 12.4. The number of hydrogen-bond donors (Lipinski definition) is 2. The molecule has 2 N–H and O–H groups in total. The van der Waals surface area contributed by atoms with Crippen LogP contribution in [0.25, 0.3) is 21.8 Å². The molecule has 0 saturated carbocycles. The first-order valence-corrected chi connectivity index (χ1v) is 10.8. The smallest absolute Gasteiger partial charge is 0.237 e. The highest BCUT2D eigenvalue weighted by molar-refractivity contribution is 8.02. The molecule has 0 radical (unpaired) electrons. The maximum absolute atomic E-state index is 12.7. The summed E-state index contributed by atoms with van der Waals surface area (Å²) in [6.45, 7) is 4.93. The van der Waals surface area contributed by atoms with Gasteiger partial charge in [0.15, 0.2) is 4.34 Å². The van der Waals surface area contributed by atoms with Gasteiger partial charge in [0, 0.05) is 41.1 Å². The molecule has 0 spiro atoms. The Balaban J connectivity index is 1.57. The van der Waals surface area contributed by atoms with Gasteiger partial charge in [-0.3, -0.25) is 4.79 Å². The quantitative estimate of drug-likeness (QED) is 0.445. The summed E-state index contributed by atoms with van der Waals surface area (Å²) in [6.07, 6.45) is 0. The maximum Gasteiger partial charge on any atom is 0.237 e. The van der Waals surface area contributed by atoms with Crippen molar-refractivity contribution in [1.82, 2.24) is 14.8 Å². The number of aromatic nitrogens is 3. The zero-order valence-electron chi connectivity index (χ0n) is 15.9. The van der Waals surface area contributed by atoms with Gasteiger partial charge in [0.1, 0.15) is 0 Å². The lowest BCUT2D eigenvalue weighted by atomic mass is 10.1. The molecule has 1 amide bonds. The van der Waals surface area contributed by atoms with Crippen LogP contribution in [0.3, 0.4) is 0 Å². The van der Waals surface area contributed by atoms with Crippen molar-refractivity contribution in [3.63, 3.8) is 0 Å². The molecule has 6 nitrogen and oxygen atoms in total. The monoisotopic (exact) mass is 411 g/mol. The van der Waals surface area contributed by atoms with E-state index in [1.54, 1.807) is 7.05 Å². The second-order valence-electron chi connectivity index (χ2n) is 6.37. The Labute approximate surface area is 171 Å². The second kappa shape index (κ2) is 7.81. The molecule has 28 heavy (non-hydrogen) atoms. The third kappa shape index (κ3) is 3.45. The fourth-order valence-electron chi connectivity index (χ4n) is 3.28. The van der Waals surface area contributed by atoms with Crippen molar-refractivity contribution in [3.05, 3.63) is 42.5 Å². The van der Waals surface area contributed by atoms with E-state index in [1.165, 1.54) is 39.5 Å². The molecular weight excluding hydrogens is 390 g/mol. The number of carbonyl (C=O) groups is 1. The van der Waals surface area contributed by atoms with Gasteiger partial charge in [0.2, 0.25) is 11.0 Å². The van der Waals surface area contributed by atoms with E-state index in [1.807, 2.05) is 19.1 Å². The summed E-state index contributed by atoms with van der Waals surface area (Å²) in [5.41, 5.74) is 3.19. The van der Waals surface area contributed by atoms with Crippen molar-refractivity contribution in [1.29, 1.82) is 0 Å². The number of rotatable bonds is 6. The SMILES string of the molecule is CCn1c2ccccc2c2cc(NC(=O)[C@H](C)Sc3nnc(NC)s3)ccc21. The molecule has 4 rings (SSSR count). The summed E-state index contributed by atoms with van der Waals surface area (Å²) in [5.74, 6) is -0.0511. The minimum atomic E-state index is -0.273. The minimum Gasteiger partial charge on any atom is -0.363 e. The van der Waals surface area contributed by atoms with Crippen molar-refractivity contribution >= 4 is 61.6 Å². The van der Waals surface area contributed by atoms with Gasteiger partial charge in [-0.15, -0.1) is 10.2 Å².